The minimum absolute atomic E-state index is 0.0210. The molecule has 2 heterocycles. The summed E-state index contributed by atoms with van der Waals surface area (Å²) in [6.07, 6.45) is 2.96. The van der Waals surface area contributed by atoms with Crippen molar-refractivity contribution in [3.63, 3.8) is 0 Å². The highest BCUT2D eigenvalue weighted by molar-refractivity contribution is 7.91. The molecule has 0 aromatic carbocycles. The molecule has 2 fully saturated rings. The number of carboxylic acid groups (broad SMARTS) is 1. The maximum atomic E-state index is 12.5. The lowest BCUT2D eigenvalue weighted by atomic mass is 9.84. The van der Waals surface area contributed by atoms with E-state index in [4.69, 9.17) is 5.11 Å². The molecule has 1 aliphatic carbocycles. The molecule has 126 valence electrons. The molecule has 1 aromatic rings. The van der Waals surface area contributed by atoms with Crippen LogP contribution in [0.25, 0.3) is 0 Å². The highest BCUT2D eigenvalue weighted by atomic mass is 32.2. The van der Waals surface area contributed by atoms with Crippen LogP contribution in [-0.4, -0.2) is 60.8 Å². The zero-order valence-corrected chi connectivity index (χ0v) is 14.1. The van der Waals surface area contributed by atoms with Gasteiger partial charge in [-0.1, -0.05) is 6.42 Å². The van der Waals surface area contributed by atoms with E-state index < -0.39 is 16.0 Å². The topological polar surface area (TPSA) is 95.0 Å². The van der Waals surface area contributed by atoms with Gasteiger partial charge in [-0.2, -0.15) is 4.31 Å². The largest absolute Gasteiger partial charge is 0.478 e. The quantitative estimate of drug-likeness (QED) is 0.869. The highest BCUT2D eigenvalue weighted by Gasteiger charge is 2.35. The summed E-state index contributed by atoms with van der Waals surface area (Å²) in [6, 6.07) is 1.19. The molecule has 0 radical (unpaired) electrons. The number of aromatic carboxylic acids is 1. The summed E-state index contributed by atoms with van der Waals surface area (Å²) >= 11 is 0.912. The summed E-state index contributed by atoms with van der Waals surface area (Å²) in [5, 5.41) is 10.2. The van der Waals surface area contributed by atoms with Crippen LogP contribution in [0.4, 0.5) is 0 Å². The number of carbonyl (C=O) groups excluding carboxylic acids is 1. The number of carboxylic acids is 1. The number of nitrogens with zero attached hydrogens (tertiary/aromatic N) is 2. The van der Waals surface area contributed by atoms with E-state index in [2.05, 4.69) is 0 Å². The van der Waals surface area contributed by atoms with Crippen molar-refractivity contribution in [3.05, 3.63) is 17.0 Å². The summed E-state index contributed by atoms with van der Waals surface area (Å²) < 4.78 is 26.4. The zero-order chi connectivity index (χ0) is 16.6. The number of hydrogen-bond acceptors (Lipinski definition) is 5. The minimum atomic E-state index is -3.69. The first kappa shape index (κ1) is 16.4. The first-order chi connectivity index (χ1) is 10.9. The molecule has 0 spiro atoms. The van der Waals surface area contributed by atoms with Crippen LogP contribution < -0.4 is 0 Å². The number of piperazine rings is 1. The summed E-state index contributed by atoms with van der Waals surface area (Å²) in [6.45, 7) is 1.29. The second-order valence-corrected chi connectivity index (χ2v) is 8.89. The molecule has 1 amide bonds. The lowest BCUT2D eigenvalue weighted by Crippen LogP contribution is -2.52. The fraction of sp³-hybridized carbons (Fsp3) is 0.571. The van der Waals surface area contributed by atoms with Crippen LogP contribution in [-0.2, 0) is 14.8 Å². The van der Waals surface area contributed by atoms with E-state index in [1.807, 2.05) is 0 Å². The van der Waals surface area contributed by atoms with Crippen molar-refractivity contribution in [2.75, 3.05) is 26.2 Å². The van der Waals surface area contributed by atoms with Crippen LogP contribution in [0.2, 0.25) is 0 Å². The molecule has 0 bridgehead atoms. The first-order valence-corrected chi connectivity index (χ1v) is 9.82. The van der Waals surface area contributed by atoms with Gasteiger partial charge in [0.05, 0.1) is 5.56 Å². The molecule has 23 heavy (non-hydrogen) atoms. The van der Waals surface area contributed by atoms with Crippen LogP contribution in [0.15, 0.2) is 15.7 Å². The van der Waals surface area contributed by atoms with E-state index in [9.17, 15) is 18.0 Å². The summed E-state index contributed by atoms with van der Waals surface area (Å²) in [7, 11) is -3.69. The fourth-order valence-corrected chi connectivity index (χ4v) is 5.48. The van der Waals surface area contributed by atoms with Crippen LogP contribution >= 0.6 is 11.3 Å². The van der Waals surface area contributed by atoms with Crippen molar-refractivity contribution in [2.45, 2.75) is 23.5 Å². The molecule has 1 aliphatic heterocycles. The third kappa shape index (κ3) is 3.13. The van der Waals surface area contributed by atoms with Gasteiger partial charge in [0.2, 0.25) is 5.91 Å². The van der Waals surface area contributed by atoms with Crippen molar-refractivity contribution in [2.24, 2.45) is 5.92 Å². The van der Waals surface area contributed by atoms with E-state index in [0.717, 1.165) is 30.6 Å². The van der Waals surface area contributed by atoms with E-state index in [0.29, 0.717) is 13.1 Å². The maximum Gasteiger partial charge on any atom is 0.336 e. The summed E-state index contributed by atoms with van der Waals surface area (Å²) in [4.78, 5) is 24.8. The molecule has 0 atom stereocenters. The third-order valence-electron chi connectivity index (χ3n) is 4.42. The molecule has 1 aromatic heterocycles. The average molecular weight is 358 g/mol. The average Bonchev–Trinajstić information content (AvgIpc) is 2.96. The van der Waals surface area contributed by atoms with Crippen LogP contribution in [0, 0.1) is 5.92 Å². The van der Waals surface area contributed by atoms with Crippen LogP contribution in [0.1, 0.15) is 29.6 Å². The number of rotatable bonds is 4. The Morgan fingerprint density at radius 3 is 2.30 bits per heavy atom. The number of sulfonamides is 1. The Kier molecular flexibility index (Phi) is 4.43. The second-order valence-electron chi connectivity index (χ2n) is 5.82. The molecule has 1 N–H and O–H groups in total. The van der Waals surface area contributed by atoms with Crippen LogP contribution in [0.3, 0.4) is 0 Å². The third-order valence-corrected chi connectivity index (χ3v) is 7.74. The normalized spacial score (nSPS) is 20.3. The standard InChI is InChI=1S/C14H18N2O5S2/c17-13(10-2-1-3-10)15-4-6-16(7-5-15)23(20,21)12-8-11(9-22-12)14(18)19/h8-10H,1-7H2,(H,18,19). The number of hydrogen-bond donors (Lipinski definition) is 1. The molecule has 3 rings (SSSR count). The van der Waals surface area contributed by atoms with Gasteiger partial charge in [0.25, 0.3) is 10.0 Å². The molecular formula is C14H18N2O5S2. The Bertz CT molecular complexity index is 715. The van der Waals surface area contributed by atoms with Gasteiger partial charge in [0.1, 0.15) is 4.21 Å². The molecule has 1 saturated carbocycles. The van der Waals surface area contributed by atoms with Crippen molar-refractivity contribution < 1.29 is 23.1 Å². The Morgan fingerprint density at radius 2 is 1.83 bits per heavy atom. The lowest BCUT2D eigenvalue weighted by molar-refractivity contribution is -0.139. The van der Waals surface area contributed by atoms with Gasteiger partial charge >= 0.3 is 5.97 Å². The van der Waals surface area contributed by atoms with Crippen molar-refractivity contribution in [3.8, 4) is 0 Å². The number of carbonyl (C=O) groups is 2. The fourth-order valence-electron chi connectivity index (χ4n) is 2.75. The predicted octanol–water partition coefficient (Wildman–Crippen LogP) is 1.08. The van der Waals surface area contributed by atoms with Gasteiger partial charge < -0.3 is 10.0 Å². The van der Waals surface area contributed by atoms with E-state index in [1.54, 1.807) is 4.90 Å². The summed E-state index contributed by atoms with van der Waals surface area (Å²) in [5.74, 6) is -0.884. The Hall–Kier alpha value is -1.45. The Labute approximate surface area is 138 Å². The van der Waals surface area contributed by atoms with Crippen LogP contribution in [0.5, 0.6) is 0 Å². The van der Waals surface area contributed by atoms with Gasteiger partial charge in [0.15, 0.2) is 0 Å². The predicted molar refractivity (Wildman–Crippen MR) is 84.0 cm³/mol. The zero-order valence-electron chi connectivity index (χ0n) is 12.5. The Morgan fingerprint density at radius 1 is 1.17 bits per heavy atom. The minimum Gasteiger partial charge on any atom is -0.478 e. The first-order valence-electron chi connectivity index (χ1n) is 7.50. The van der Waals surface area contributed by atoms with E-state index in [-0.39, 0.29) is 34.7 Å². The molecule has 7 nitrogen and oxygen atoms in total. The molecule has 2 aliphatic rings. The summed E-state index contributed by atoms with van der Waals surface area (Å²) in [5.41, 5.74) is -0.0210. The number of thiophene rings is 1. The monoisotopic (exact) mass is 358 g/mol. The van der Waals surface area contributed by atoms with E-state index in [1.165, 1.54) is 15.8 Å². The maximum absolute atomic E-state index is 12.5. The Balaban J connectivity index is 1.65. The molecule has 1 saturated heterocycles. The van der Waals surface area contributed by atoms with Crippen molar-refractivity contribution in [1.82, 2.24) is 9.21 Å². The van der Waals surface area contributed by atoms with E-state index >= 15 is 0 Å². The van der Waals surface area contributed by atoms with Gasteiger partial charge in [-0.25, -0.2) is 13.2 Å². The lowest BCUT2D eigenvalue weighted by Gasteiger charge is -2.37. The molecular weight excluding hydrogens is 340 g/mol. The van der Waals surface area contributed by atoms with Gasteiger partial charge in [-0.05, 0) is 18.9 Å². The smallest absolute Gasteiger partial charge is 0.336 e. The second kappa shape index (κ2) is 6.21. The van der Waals surface area contributed by atoms with Crippen molar-refractivity contribution in [1.29, 1.82) is 0 Å². The van der Waals surface area contributed by atoms with Crippen molar-refractivity contribution >= 4 is 33.2 Å². The molecule has 0 unspecified atom stereocenters. The number of amides is 1. The SMILES string of the molecule is O=C(O)c1csc(S(=O)(=O)N2CCN(C(=O)C3CCC3)CC2)c1. The highest BCUT2D eigenvalue weighted by Crippen LogP contribution is 2.29. The van der Waals surface area contributed by atoms with Gasteiger partial charge in [-0.3, -0.25) is 4.79 Å². The molecule has 9 heteroatoms. The van der Waals surface area contributed by atoms with Gasteiger partial charge in [-0.15, -0.1) is 11.3 Å². The van der Waals surface area contributed by atoms with Gasteiger partial charge in [0, 0.05) is 37.5 Å².